The summed E-state index contributed by atoms with van der Waals surface area (Å²) in [7, 11) is 0. The van der Waals surface area contributed by atoms with Crippen LogP contribution in [0.1, 0.15) is 5.56 Å². The molecule has 4 heteroatoms. The van der Waals surface area contributed by atoms with Crippen LogP contribution in [0, 0.1) is 14.9 Å². The molecule has 2 aromatic rings. The third kappa shape index (κ3) is 1.43. The number of halogens is 2. The molecule has 0 unspecified atom stereocenters. The van der Waals surface area contributed by atoms with E-state index in [1.165, 1.54) is 0 Å². The summed E-state index contributed by atoms with van der Waals surface area (Å²) in [6.45, 7) is 0. The Kier molecular flexibility index (Phi) is 2.45. The smallest absolute Gasteiger partial charge is 0.101 e. The maximum absolute atomic E-state index is 8.93. The Balaban J connectivity index is 2.98. The summed E-state index contributed by atoms with van der Waals surface area (Å²) in [5.74, 6) is 0. The van der Waals surface area contributed by atoms with Crippen LogP contribution in [0.25, 0.3) is 10.1 Å². The van der Waals surface area contributed by atoms with Crippen LogP contribution in [0.4, 0.5) is 0 Å². The first-order chi connectivity index (χ1) is 6.24. The van der Waals surface area contributed by atoms with Gasteiger partial charge in [0.25, 0.3) is 0 Å². The number of thiophene rings is 1. The lowest BCUT2D eigenvalue weighted by Crippen LogP contribution is -1.82. The molecule has 0 aliphatic carbocycles. The molecular weight excluding hydrogens is 317 g/mol. The van der Waals surface area contributed by atoms with Gasteiger partial charge in [-0.3, -0.25) is 0 Å². The van der Waals surface area contributed by atoms with Crippen molar-refractivity contribution in [1.82, 2.24) is 0 Å². The summed E-state index contributed by atoms with van der Waals surface area (Å²) < 4.78 is 2.05. The van der Waals surface area contributed by atoms with Crippen molar-refractivity contribution < 1.29 is 0 Å². The van der Waals surface area contributed by atoms with Gasteiger partial charge in [-0.1, -0.05) is 11.6 Å². The van der Waals surface area contributed by atoms with Crippen molar-refractivity contribution in [3.63, 3.8) is 0 Å². The molecule has 0 radical (unpaired) electrons. The van der Waals surface area contributed by atoms with E-state index in [1.807, 2.05) is 17.5 Å². The molecule has 0 aliphatic rings. The van der Waals surface area contributed by atoms with Crippen molar-refractivity contribution >= 4 is 55.6 Å². The first kappa shape index (κ1) is 9.25. The van der Waals surface area contributed by atoms with Crippen molar-refractivity contribution in [1.29, 1.82) is 5.26 Å². The highest BCUT2D eigenvalue weighted by atomic mass is 127. The molecule has 0 N–H and O–H groups in total. The zero-order chi connectivity index (χ0) is 9.42. The molecule has 13 heavy (non-hydrogen) atoms. The van der Waals surface area contributed by atoms with Crippen LogP contribution in [-0.4, -0.2) is 0 Å². The lowest BCUT2D eigenvalue weighted by molar-refractivity contribution is 1.50. The third-order valence-electron chi connectivity index (χ3n) is 1.76. The van der Waals surface area contributed by atoms with Gasteiger partial charge < -0.3 is 0 Å². The SMILES string of the molecule is N#Cc1c(Cl)c(I)cc2sccc12. The highest BCUT2D eigenvalue weighted by Gasteiger charge is 2.10. The van der Waals surface area contributed by atoms with Crippen LogP contribution < -0.4 is 0 Å². The number of hydrogen-bond acceptors (Lipinski definition) is 2. The molecule has 0 atom stereocenters. The zero-order valence-electron chi connectivity index (χ0n) is 6.34. The van der Waals surface area contributed by atoms with E-state index in [9.17, 15) is 0 Å². The molecular formula is C9H3ClINS. The van der Waals surface area contributed by atoms with Crippen LogP contribution in [0.5, 0.6) is 0 Å². The highest BCUT2D eigenvalue weighted by molar-refractivity contribution is 14.1. The normalized spacial score (nSPS) is 10.2. The maximum atomic E-state index is 8.93. The average molecular weight is 320 g/mol. The van der Waals surface area contributed by atoms with Gasteiger partial charge in [0.15, 0.2) is 0 Å². The Morgan fingerprint density at radius 3 is 3.00 bits per heavy atom. The Labute approximate surface area is 98.1 Å². The first-order valence-electron chi connectivity index (χ1n) is 3.49. The minimum atomic E-state index is 0.564. The van der Waals surface area contributed by atoms with E-state index in [2.05, 4.69) is 28.7 Å². The van der Waals surface area contributed by atoms with Crippen LogP contribution in [0.15, 0.2) is 17.5 Å². The van der Waals surface area contributed by atoms with Crippen molar-refractivity contribution in [2.45, 2.75) is 0 Å². The lowest BCUT2D eigenvalue weighted by Gasteiger charge is -1.99. The number of nitrogens with zero attached hydrogens (tertiary/aromatic N) is 1. The fourth-order valence-electron chi connectivity index (χ4n) is 1.16. The summed E-state index contributed by atoms with van der Waals surface area (Å²) >= 11 is 9.77. The number of hydrogen-bond donors (Lipinski definition) is 0. The monoisotopic (exact) mass is 319 g/mol. The van der Waals surface area contributed by atoms with Gasteiger partial charge in [0.1, 0.15) is 6.07 Å². The highest BCUT2D eigenvalue weighted by Crippen LogP contribution is 2.33. The summed E-state index contributed by atoms with van der Waals surface area (Å²) in [6, 6.07) is 6.07. The van der Waals surface area contributed by atoms with Gasteiger partial charge in [-0.2, -0.15) is 5.26 Å². The second-order valence-corrected chi connectivity index (χ2v) is 4.98. The van der Waals surface area contributed by atoms with E-state index in [-0.39, 0.29) is 0 Å². The topological polar surface area (TPSA) is 23.8 Å². The van der Waals surface area contributed by atoms with Crippen LogP contribution >= 0.6 is 45.5 Å². The minimum absolute atomic E-state index is 0.564. The minimum Gasteiger partial charge on any atom is -0.192 e. The molecule has 2 rings (SSSR count). The first-order valence-corrected chi connectivity index (χ1v) is 5.83. The molecule has 0 fully saturated rings. The van der Waals surface area contributed by atoms with Gasteiger partial charge in [-0.15, -0.1) is 11.3 Å². The van der Waals surface area contributed by atoms with Gasteiger partial charge >= 0.3 is 0 Å². The second-order valence-electron chi connectivity index (χ2n) is 2.49. The van der Waals surface area contributed by atoms with E-state index >= 15 is 0 Å². The second kappa shape index (κ2) is 3.45. The molecule has 0 spiro atoms. The lowest BCUT2D eigenvalue weighted by atomic mass is 10.1. The molecule has 0 saturated heterocycles. The molecule has 64 valence electrons. The summed E-state index contributed by atoms with van der Waals surface area (Å²) in [4.78, 5) is 0. The van der Waals surface area contributed by atoms with Gasteiger partial charge in [0.2, 0.25) is 0 Å². The van der Waals surface area contributed by atoms with Crippen molar-refractivity contribution in [3.05, 3.63) is 31.7 Å². The van der Waals surface area contributed by atoms with Crippen molar-refractivity contribution in [3.8, 4) is 6.07 Å². The molecule has 0 aliphatic heterocycles. The summed E-state index contributed by atoms with van der Waals surface area (Å²) in [6.07, 6.45) is 0. The molecule has 1 nitrogen and oxygen atoms in total. The predicted molar refractivity (Wildman–Crippen MR) is 64.3 cm³/mol. The third-order valence-corrected chi connectivity index (χ3v) is 4.19. The van der Waals surface area contributed by atoms with Crippen LogP contribution in [0.3, 0.4) is 0 Å². The number of rotatable bonds is 0. The van der Waals surface area contributed by atoms with E-state index in [0.717, 1.165) is 13.7 Å². The molecule has 1 heterocycles. The van der Waals surface area contributed by atoms with Crippen molar-refractivity contribution in [2.75, 3.05) is 0 Å². The van der Waals surface area contributed by atoms with E-state index in [4.69, 9.17) is 16.9 Å². The summed E-state index contributed by atoms with van der Waals surface area (Å²) in [5, 5.41) is 12.4. The van der Waals surface area contributed by atoms with Gasteiger partial charge in [-0.05, 0) is 40.1 Å². The molecule has 0 bridgehead atoms. The van der Waals surface area contributed by atoms with E-state index in [1.54, 1.807) is 11.3 Å². The van der Waals surface area contributed by atoms with E-state index in [0.29, 0.717) is 10.6 Å². The fourth-order valence-corrected chi connectivity index (χ4v) is 2.99. The zero-order valence-corrected chi connectivity index (χ0v) is 10.1. The molecule has 1 aromatic carbocycles. The Hall–Kier alpha value is -0.310. The standard InChI is InChI=1S/C9H3ClINS/c10-9-6(4-12)5-1-2-13-8(5)3-7(9)11/h1-3H. The molecule has 0 saturated carbocycles. The maximum Gasteiger partial charge on any atom is 0.101 e. The molecule has 0 amide bonds. The number of benzene rings is 1. The van der Waals surface area contributed by atoms with Gasteiger partial charge in [-0.25, -0.2) is 0 Å². The average Bonchev–Trinajstić information content (AvgIpc) is 2.54. The Morgan fingerprint density at radius 2 is 2.31 bits per heavy atom. The van der Waals surface area contributed by atoms with Crippen molar-refractivity contribution in [2.24, 2.45) is 0 Å². The van der Waals surface area contributed by atoms with Crippen LogP contribution in [-0.2, 0) is 0 Å². The van der Waals surface area contributed by atoms with Gasteiger partial charge in [0, 0.05) is 13.7 Å². The Bertz CT molecular complexity index is 512. The fraction of sp³-hybridized carbons (Fsp3) is 0. The number of fused-ring (bicyclic) bond motifs is 1. The van der Waals surface area contributed by atoms with E-state index < -0.39 is 0 Å². The largest absolute Gasteiger partial charge is 0.192 e. The predicted octanol–water partition coefficient (Wildman–Crippen LogP) is 4.03. The summed E-state index contributed by atoms with van der Waals surface area (Å²) in [5.41, 5.74) is 0.588. The quantitative estimate of drug-likeness (QED) is 0.673. The Morgan fingerprint density at radius 1 is 1.54 bits per heavy atom. The molecule has 1 aromatic heterocycles. The number of nitriles is 1. The van der Waals surface area contributed by atoms with Crippen LogP contribution in [0.2, 0.25) is 5.02 Å². The van der Waals surface area contributed by atoms with Gasteiger partial charge in [0.05, 0.1) is 10.6 Å².